The second-order valence-electron chi connectivity index (χ2n) is 4.95. The lowest BCUT2D eigenvalue weighted by atomic mass is 10.1. The maximum Gasteiger partial charge on any atom is 0.344 e. The molecule has 0 saturated carbocycles. The van der Waals surface area contributed by atoms with Gasteiger partial charge in [0.25, 0.3) is 0 Å². The van der Waals surface area contributed by atoms with Gasteiger partial charge in [0.15, 0.2) is 11.5 Å². The number of phenolic OH excluding ortho intramolecular Hbond substituents is 2. The molecule has 0 spiro atoms. The summed E-state index contributed by atoms with van der Waals surface area (Å²) in [5.41, 5.74) is 0.580. The molecule has 1 aromatic rings. The molecule has 22 heavy (non-hydrogen) atoms. The Balaban J connectivity index is 2.28. The van der Waals surface area contributed by atoms with Crippen molar-refractivity contribution >= 4 is 12.0 Å². The van der Waals surface area contributed by atoms with Gasteiger partial charge >= 0.3 is 5.97 Å². The Labute approximate surface area is 131 Å². The lowest BCUT2D eigenvalue weighted by Gasteiger charge is -1.98. The van der Waals surface area contributed by atoms with Gasteiger partial charge in [-0.05, 0) is 30.2 Å². The third kappa shape index (κ3) is 7.39. The second kappa shape index (κ2) is 10.3. The SMILES string of the molecule is CCCCCCCC#COC(=O)/C=C/c1ccc(O)c(O)c1. The summed E-state index contributed by atoms with van der Waals surface area (Å²) in [4.78, 5) is 11.4. The Hall–Kier alpha value is -2.41. The zero-order valence-corrected chi connectivity index (χ0v) is 12.8. The van der Waals surface area contributed by atoms with Crippen LogP contribution in [0.5, 0.6) is 11.5 Å². The number of hydrogen-bond acceptors (Lipinski definition) is 4. The van der Waals surface area contributed by atoms with Crippen LogP contribution in [0, 0.1) is 12.0 Å². The topological polar surface area (TPSA) is 66.8 Å². The first-order valence-corrected chi connectivity index (χ1v) is 7.52. The fourth-order valence-electron chi connectivity index (χ4n) is 1.80. The number of phenols is 2. The molecule has 0 radical (unpaired) electrons. The molecule has 1 aromatic carbocycles. The molecule has 0 aliphatic heterocycles. The zero-order valence-electron chi connectivity index (χ0n) is 12.8. The summed E-state index contributed by atoms with van der Waals surface area (Å²) >= 11 is 0. The van der Waals surface area contributed by atoms with Crippen molar-refractivity contribution in [1.29, 1.82) is 0 Å². The van der Waals surface area contributed by atoms with Gasteiger partial charge in [0.05, 0.1) is 0 Å². The second-order valence-corrected chi connectivity index (χ2v) is 4.95. The van der Waals surface area contributed by atoms with E-state index in [1.807, 2.05) is 0 Å². The quantitative estimate of drug-likeness (QED) is 0.263. The number of unbranched alkanes of at least 4 members (excludes halogenated alkanes) is 5. The van der Waals surface area contributed by atoms with Crippen LogP contribution in [0.15, 0.2) is 24.3 Å². The van der Waals surface area contributed by atoms with Gasteiger partial charge in [-0.2, -0.15) is 0 Å². The van der Waals surface area contributed by atoms with Crippen molar-refractivity contribution in [3.8, 4) is 23.5 Å². The van der Waals surface area contributed by atoms with Crippen molar-refractivity contribution in [2.24, 2.45) is 0 Å². The fraction of sp³-hybridized carbons (Fsp3) is 0.389. The molecule has 0 fully saturated rings. The number of carbonyl (C=O) groups excluding carboxylic acids is 1. The maximum absolute atomic E-state index is 11.4. The molecule has 0 heterocycles. The molecule has 4 nitrogen and oxygen atoms in total. The van der Waals surface area contributed by atoms with E-state index in [0.29, 0.717) is 5.56 Å². The van der Waals surface area contributed by atoms with Crippen molar-refractivity contribution < 1.29 is 19.7 Å². The number of aromatic hydroxyl groups is 2. The van der Waals surface area contributed by atoms with Crippen molar-refractivity contribution in [2.75, 3.05) is 0 Å². The predicted octanol–water partition coefficient (Wildman–Crippen LogP) is 3.98. The summed E-state index contributed by atoms with van der Waals surface area (Å²) in [6, 6.07) is 4.26. The maximum atomic E-state index is 11.4. The number of hydrogen-bond donors (Lipinski definition) is 2. The van der Waals surface area contributed by atoms with E-state index >= 15 is 0 Å². The van der Waals surface area contributed by atoms with Crippen LogP contribution in [-0.2, 0) is 9.53 Å². The van der Waals surface area contributed by atoms with E-state index in [1.165, 1.54) is 43.5 Å². The summed E-state index contributed by atoms with van der Waals surface area (Å²) in [5, 5.41) is 18.5. The molecule has 0 atom stereocenters. The number of esters is 1. The third-order valence-electron chi connectivity index (χ3n) is 3.04. The summed E-state index contributed by atoms with van der Waals surface area (Å²) in [5.74, 6) is 1.80. The molecular weight excluding hydrogens is 280 g/mol. The van der Waals surface area contributed by atoms with Gasteiger partial charge in [-0.3, -0.25) is 0 Å². The van der Waals surface area contributed by atoms with Crippen molar-refractivity contribution in [2.45, 2.75) is 45.4 Å². The standard InChI is InChI=1S/C18H22O4/c1-2-3-4-5-6-7-8-13-22-18(21)12-10-15-9-11-16(19)17(20)14-15/h9-12,14,19-20H,2-7H2,1H3/b12-10+. The average Bonchev–Trinajstić information content (AvgIpc) is 2.51. The molecule has 2 N–H and O–H groups in total. The van der Waals surface area contributed by atoms with E-state index in [0.717, 1.165) is 19.3 Å². The van der Waals surface area contributed by atoms with E-state index in [-0.39, 0.29) is 11.5 Å². The summed E-state index contributed by atoms with van der Waals surface area (Å²) < 4.78 is 4.75. The first-order chi connectivity index (χ1) is 10.6. The van der Waals surface area contributed by atoms with E-state index in [9.17, 15) is 15.0 Å². The van der Waals surface area contributed by atoms with Crippen molar-refractivity contribution in [3.63, 3.8) is 0 Å². The third-order valence-corrected chi connectivity index (χ3v) is 3.04. The van der Waals surface area contributed by atoms with Gasteiger partial charge in [-0.15, -0.1) is 0 Å². The van der Waals surface area contributed by atoms with E-state index in [2.05, 4.69) is 19.0 Å². The highest BCUT2D eigenvalue weighted by Gasteiger charge is 1.99. The first kappa shape index (κ1) is 17.6. The largest absolute Gasteiger partial charge is 0.504 e. The molecule has 0 unspecified atom stereocenters. The first-order valence-electron chi connectivity index (χ1n) is 7.52. The van der Waals surface area contributed by atoms with E-state index in [1.54, 1.807) is 6.07 Å². The van der Waals surface area contributed by atoms with Crippen LogP contribution < -0.4 is 0 Å². The van der Waals surface area contributed by atoms with Crippen LogP contribution in [0.4, 0.5) is 0 Å². The minimum atomic E-state index is -0.564. The van der Waals surface area contributed by atoms with E-state index < -0.39 is 5.97 Å². The number of benzene rings is 1. The van der Waals surface area contributed by atoms with Crippen LogP contribution in [0.25, 0.3) is 6.08 Å². The molecule has 0 saturated heterocycles. The molecule has 0 aliphatic carbocycles. The van der Waals surface area contributed by atoms with Crippen LogP contribution in [-0.4, -0.2) is 16.2 Å². The molecule has 0 aromatic heterocycles. The average molecular weight is 302 g/mol. The molecular formula is C18H22O4. The summed E-state index contributed by atoms with van der Waals surface area (Å²) in [6.07, 6.45) is 11.7. The summed E-state index contributed by atoms with van der Waals surface area (Å²) in [6.45, 7) is 2.17. The van der Waals surface area contributed by atoms with Crippen molar-refractivity contribution in [1.82, 2.24) is 0 Å². The van der Waals surface area contributed by atoms with Crippen molar-refractivity contribution in [3.05, 3.63) is 29.8 Å². The van der Waals surface area contributed by atoms with E-state index in [4.69, 9.17) is 4.74 Å². The highest BCUT2D eigenvalue weighted by molar-refractivity contribution is 5.87. The molecule has 4 heteroatoms. The van der Waals surface area contributed by atoms with Gasteiger partial charge < -0.3 is 14.9 Å². The van der Waals surface area contributed by atoms with Gasteiger partial charge in [0, 0.05) is 12.5 Å². The monoisotopic (exact) mass is 302 g/mol. The number of carbonyl (C=O) groups is 1. The zero-order chi connectivity index (χ0) is 16.2. The Morgan fingerprint density at radius 1 is 1.18 bits per heavy atom. The molecule has 0 bridgehead atoms. The Kier molecular flexibility index (Phi) is 8.29. The minimum Gasteiger partial charge on any atom is -0.504 e. The molecule has 0 amide bonds. The Morgan fingerprint density at radius 2 is 1.95 bits per heavy atom. The van der Waals surface area contributed by atoms with Crippen LogP contribution in [0.2, 0.25) is 0 Å². The lowest BCUT2D eigenvalue weighted by molar-refractivity contribution is -0.131. The highest BCUT2D eigenvalue weighted by Crippen LogP contribution is 2.25. The summed E-state index contributed by atoms with van der Waals surface area (Å²) in [7, 11) is 0. The van der Waals surface area contributed by atoms with Gasteiger partial charge in [0.1, 0.15) is 6.11 Å². The number of ether oxygens (including phenoxy) is 1. The predicted molar refractivity (Wildman–Crippen MR) is 86.0 cm³/mol. The normalized spacial score (nSPS) is 10.2. The molecule has 0 aliphatic rings. The van der Waals surface area contributed by atoms with Crippen LogP contribution >= 0.6 is 0 Å². The Bertz CT molecular complexity index is 564. The molecule has 118 valence electrons. The fourth-order valence-corrected chi connectivity index (χ4v) is 1.80. The Morgan fingerprint density at radius 3 is 2.68 bits per heavy atom. The lowest BCUT2D eigenvalue weighted by Crippen LogP contribution is -1.93. The van der Waals surface area contributed by atoms with Crippen LogP contribution in [0.1, 0.15) is 51.0 Å². The minimum absolute atomic E-state index is 0.204. The van der Waals surface area contributed by atoms with Gasteiger partial charge in [0.2, 0.25) is 0 Å². The smallest absolute Gasteiger partial charge is 0.344 e. The van der Waals surface area contributed by atoms with Gasteiger partial charge in [-0.25, -0.2) is 4.79 Å². The molecule has 1 rings (SSSR count). The number of rotatable bonds is 7. The highest BCUT2D eigenvalue weighted by atomic mass is 16.5. The van der Waals surface area contributed by atoms with Crippen LogP contribution in [0.3, 0.4) is 0 Å². The van der Waals surface area contributed by atoms with Gasteiger partial charge in [-0.1, -0.05) is 44.6 Å².